The molecule has 1 unspecified atom stereocenters. The van der Waals surface area contributed by atoms with E-state index in [1.807, 2.05) is 18.2 Å². The zero-order valence-electron chi connectivity index (χ0n) is 14.5. The van der Waals surface area contributed by atoms with E-state index in [0.717, 1.165) is 48.4 Å². The van der Waals surface area contributed by atoms with E-state index in [0.29, 0.717) is 5.92 Å². The van der Waals surface area contributed by atoms with Crippen molar-refractivity contribution in [2.45, 2.75) is 13.8 Å². The summed E-state index contributed by atoms with van der Waals surface area (Å²) in [5.74, 6) is 1.46. The van der Waals surface area contributed by atoms with Gasteiger partial charge in [-0.1, -0.05) is 24.6 Å². The van der Waals surface area contributed by atoms with Crippen molar-refractivity contribution in [1.29, 1.82) is 0 Å². The van der Waals surface area contributed by atoms with Gasteiger partial charge in [0.05, 0.1) is 11.4 Å². The molecule has 1 saturated heterocycles. The number of halogens is 1. The summed E-state index contributed by atoms with van der Waals surface area (Å²) in [6, 6.07) is 5.98. The van der Waals surface area contributed by atoms with Gasteiger partial charge >= 0.3 is 0 Å². The fourth-order valence-electron chi connectivity index (χ4n) is 3.43. The van der Waals surface area contributed by atoms with Crippen LogP contribution < -0.4 is 0 Å². The smallest absolute Gasteiger partial charge is 0.210 e. The summed E-state index contributed by atoms with van der Waals surface area (Å²) in [6.07, 6.45) is 4.57. The van der Waals surface area contributed by atoms with E-state index in [9.17, 15) is 0 Å². The van der Waals surface area contributed by atoms with Crippen molar-refractivity contribution in [2.24, 2.45) is 10.9 Å². The average Bonchev–Trinajstić information content (AvgIpc) is 2.57. The first-order valence-electron chi connectivity index (χ1n) is 8.54. The summed E-state index contributed by atoms with van der Waals surface area (Å²) in [5, 5.41) is 0.756. The number of hydrogen-bond donors (Lipinski definition) is 0. The lowest BCUT2D eigenvalue weighted by Gasteiger charge is -2.42. The highest BCUT2D eigenvalue weighted by Gasteiger charge is 2.31. The molecule has 0 N–H and O–H groups in total. The number of hydrogen-bond acceptors (Lipinski definition) is 4. The lowest BCUT2D eigenvalue weighted by molar-refractivity contribution is 0.206. The van der Waals surface area contributed by atoms with Crippen LogP contribution in [0.1, 0.15) is 19.4 Å². The lowest BCUT2D eigenvalue weighted by Crippen LogP contribution is -2.52. The van der Waals surface area contributed by atoms with Crippen LogP contribution in [-0.2, 0) is 0 Å². The van der Waals surface area contributed by atoms with E-state index in [2.05, 4.69) is 47.9 Å². The molecule has 1 aromatic carbocycles. The van der Waals surface area contributed by atoms with Crippen LogP contribution in [0.15, 0.2) is 41.0 Å². The van der Waals surface area contributed by atoms with Crippen LogP contribution in [0.2, 0.25) is 5.02 Å². The summed E-state index contributed by atoms with van der Waals surface area (Å²) in [5.41, 5.74) is 4.69. The maximum atomic E-state index is 6.25. The molecule has 0 radical (unpaired) electrons. The molecule has 0 bridgehead atoms. The Kier molecular flexibility index (Phi) is 3.89. The highest BCUT2D eigenvalue weighted by Crippen LogP contribution is 2.40. The molecule has 3 aliphatic rings. The van der Waals surface area contributed by atoms with Crippen molar-refractivity contribution < 1.29 is 0 Å². The third-order valence-corrected chi connectivity index (χ3v) is 5.41. The second-order valence-electron chi connectivity index (χ2n) is 6.95. The normalized spacial score (nSPS) is 24.0. The molecule has 1 fully saturated rings. The number of nitrogens with zero attached hydrogens (tertiary/aromatic N) is 4. The molecule has 3 aliphatic heterocycles. The molecular formula is C19H23ClN4. The number of guanidine groups is 1. The van der Waals surface area contributed by atoms with Gasteiger partial charge in [0, 0.05) is 43.0 Å². The summed E-state index contributed by atoms with van der Waals surface area (Å²) in [7, 11) is 2.18. The molecule has 3 heterocycles. The number of allylic oxidation sites excluding steroid dienone is 2. The largest absolute Gasteiger partial charge is 0.339 e. The number of benzene rings is 1. The Morgan fingerprint density at radius 3 is 2.67 bits per heavy atom. The third-order valence-electron chi connectivity index (χ3n) is 5.17. The Labute approximate surface area is 148 Å². The van der Waals surface area contributed by atoms with E-state index in [1.165, 1.54) is 11.3 Å². The number of fused-ring (bicyclic) bond motifs is 3. The molecule has 4 rings (SSSR count). The van der Waals surface area contributed by atoms with Crippen LogP contribution >= 0.6 is 11.6 Å². The first-order valence-corrected chi connectivity index (χ1v) is 8.92. The van der Waals surface area contributed by atoms with E-state index in [4.69, 9.17) is 16.6 Å². The number of piperazine rings is 1. The highest BCUT2D eigenvalue weighted by atomic mass is 35.5. The monoisotopic (exact) mass is 342 g/mol. The molecule has 5 heteroatoms. The second kappa shape index (κ2) is 5.94. The highest BCUT2D eigenvalue weighted by molar-refractivity contribution is 6.31. The van der Waals surface area contributed by atoms with Gasteiger partial charge in [-0.05, 0) is 43.7 Å². The van der Waals surface area contributed by atoms with Gasteiger partial charge in [-0.2, -0.15) is 0 Å². The summed E-state index contributed by atoms with van der Waals surface area (Å²) < 4.78 is 0. The Morgan fingerprint density at radius 1 is 1.17 bits per heavy atom. The minimum Gasteiger partial charge on any atom is -0.339 e. The topological polar surface area (TPSA) is 22.1 Å². The fraction of sp³-hybridized carbons (Fsp3) is 0.421. The Morgan fingerprint density at radius 2 is 1.92 bits per heavy atom. The first-order chi connectivity index (χ1) is 11.5. The van der Waals surface area contributed by atoms with E-state index in [-0.39, 0.29) is 0 Å². The van der Waals surface area contributed by atoms with Crippen molar-refractivity contribution in [2.75, 3.05) is 33.2 Å². The number of aliphatic imine (C=N–C) groups is 1. The molecule has 0 spiro atoms. The zero-order valence-corrected chi connectivity index (χ0v) is 15.2. The van der Waals surface area contributed by atoms with Crippen LogP contribution in [0.4, 0.5) is 5.69 Å². The quantitative estimate of drug-likeness (QED) is 0.716. The van der Waals surface area contributed by atoms with Gasteiger partial charge in [0.2, 0.25) is 5.96 Å². The molecule has 126 valence electrons. The van der Waals surface area contributed by atoms with Gasteiger partial charge in [0.1, 0.15) is 0 Å². The second-order valence-corrected chi connectivity index (χ2v) is 7.38. The number of rotatable bonds is 0. The van der Waals surface area contributed by atoms with Crippen molar-refractivity contribution >= 4 is 28.9 Å². The predicted octanol–water partition coefficient (Wildman–Crippen LogP) is 3.78. The van der Waals surface area contributed by atoms with Crippen molar-refractivity contribution in [3.63, 3.8) is 0 Å². The number of likely N-dealkylation sites (N-methyl/N-ethyl adjacent to an activating group) is 1. The van der Waals surface area contributed by atoms with Crippen molar-refractivity contribution in [1.82, 2.24) is 14.7 Å². The van der Waals surface area contributed by atoms with E-state index in [1.54, 1.807) is 0 Å². The zero-order chi connectivity index (χ0) is 16.8. The van der Waals surface area contributed by atoms with E-state index >= 15 is 0 Å². The molecule has 4 nitrogen and oxygen atoms in total. The van der Waals surface area contributed by atoms with Gasteiger partial charge in [-0.15, -0.1) is 0 Å². The van der Waals surface area contributed by atoms with Gasteiger partial charge in [0.25, 0.3) is 0 Å². The third kappa shape index (κ3) is 2.64. The van der Waals surface area contributed by atoms with E-state index < -0.39 is 0 Å². The fourth-order valence-corrected chi connectivity index (χ4v) is 3.60. The Hall–Kier alpha value is -1.78. The van der Waals surface area contributed by atoms with Crippen LogP contribution in [0, 0.1) is 5.92 Å². The molecular weight excluding hydrogens is 320 g/mol. The van der Waals surface area contributed by atoms with Gasteiger partial charge in [-0.3, -0.25) is 4.90 Å². The molecule has 1 aromatic rings. The summed E-state index contributed by atoms with van der Waals surface area (Å²) >= 11 is 6.25. The molecule has 0 aromatic heterocycles. The van der Waals surface area contributed by atoms with Crippen LogP contribution in [0.5, 0.6) is 0 Å². The molecule has 1 atom stereocenters. The van der Waals surface area contributed by atoms with Gasteiger partial charge < -0.3 is 9.80 Å². The molecule has 0 aliphatic carbocycles. The standard InChI is InChI=1S/C19H23ClN4/c1-13-10-18-16-11-15(20)4-5-17(16)21-19(24(18)12-14(13)2)23-8-6-22(3)7-9-23/h4-5,10-13H,6-9H2,1-3H3. The average molecular weight is 343 g/mol. The Balaban J connectivity index is 1.81. The molecule has 0 amide bonds. The van der Waals surface area contributed by atoms with Crippen molar-refractivity contribution in [3.05, 3.63) is 46.6 Å². The maximum Gasteiger partial charge on any atom is 0.210 e. The first kappa shape index (κ1) is 15.7. The van der Waals surface area contributed by atoms with Crippen molar-refractivity contribution in [3.8, 4) is 0 Å². The van der Waals surface area contributed by atoms with Gasteiger partial charge in [0.15, 0.2) is 0 Å². The molecule has 24 heavy (non-hydrogen) atoms. The lowest BCUT2D eigenvalue weighted by atomic mass is 9.94. The van der Waals surface area contributed by atoms with Gasteiger partial charge in [-0.25, -0.2) is 4.99 Å². The summed E-state index contributed by atoms with van der Waals surface area (Å²) in [6.45, 7) is 8.57. The maximum absolute atomic E-state index is 6.25. The molecule has 0 saturated carbocycles. The van der Waals surface area contributed by atoms with Crippen LogP contribution in [-0.4, -0.2) is 53.9 Å². The minimum atomic E-state index is 0.426. The SMILES string of the molecule is CC1=CN2C(=CC1C)c1cc(Cl)ccc1N=C2N1CCN(C)CC1. The minimum absolute atomic E-state index is 0.426. The summed E-state index contributed by atoms with van der Waals surface area (Å²) in [4.78, 5) is 12.0. The van der Waals surface area contributed by atoms with Crippen LogP contribution in [0.3, 0.4) is 0 Å². The predicted molar refractivity (Wildman–Crippen MR) is 100 cm³/mol. The van der Waals surface area contributed by atoms with Crippen LogP contribution in [0.25, 0.3) is 5.70 Å². The Bertz CT molecular complexity index is 757.